The lowest BCUT2D eigenvalue weighted by Crippen LogP contribution is -2.38. The molecule has 1 fully saturated rings. The standard InChI is InChI=1S/C26H22F3N6O/c27-22-14-30-24(34-25(22)33-20-5-3-16(4-6-20)19-12-31-32-13-19)18-2-1-17-8-21(35(36)23(17)9-18)7-15-10-26(28,29)11-15/h1-6,9,12-15,21H,7-8,10-11H2,(H,31,32)(H,30,33,34)/q+1. The highest BCUT2D eigenvalue weighted by Gasteiger charge is 2.49. The Bertz CT molecular complexity index is 1430. The summed E-state index contributed by atoms with van der Waals surface area (Å²) >= 11 is 0. The first-order valence-electron chi connectivity index (χ1n) is 11.7. The number of rotatable bonds is 6. The minimum absolute atomic E-state index is 0.0133. The van der Waals surface area contributed by atoms with Crippen molar-refractivity contribution < 1.29 is 17.9 Å². The summed E-state index contributed by atoms with van der Waals surface area (Å²) in [6, 6.07) is 12.4. The van der Waals surface area contributed by atoms with Crippen LogP contribution in [0.2, 0.25) is 0 Å². The first-order valence-corrected chi connectivity index (χ1v) is 11.7. The lowest BCUT2D eigenvalue weighted by Gasteiger charge is -2.34. The molecule has 1 aliphatic heterocycles. The third kappa shape index (κ3) is 4.23. The largest absolute Gasteiger partial charge is 0.338 e. The fourth-order valence-corrected chi connectivity index (χ4v) is 5.01. The summed E-state index contributed by atoms with van der Waals surface area (Å²) in [6.07, 6.45) is 5.26. The summed E-state index contributed by atoms with van der Waals surface area (Å²) in [5, 5.41) is 9.68. The molecule has 0 spiro atoms. The van der Waals surface area contributed by atoms with Crippen LogP contribution in [0.4, 0.5) is 30.4 Å². The number of hydrogen-bond acceptors (Lipinski definition) is 5. The van der Waals surface area contributed by atoms with Gasteiger partial charge in [-0.3, -0.25) is 5.10 Å². The SMILES string of the molecule is O=[N+]1c2cc(-c3ncc(F)c(Nc4ccc(-c5cn[nH]c5)cc4)n3)ccc2CC1CC1CC(F)(F)C1. The van der Waals surface area contributed by atoms with E-state index in [0.717, 1.165) is 27.6 Å². The van der Waals surface area contributed by atoms with Gasteiger partial charge in [0.1, 0.15) is 0 Å². The van der Waals surface area contributed by atoms with Crippen LogP contribution >= 0.6 is 0 Å². The summed E-state index contributed by atoms with van der Waals surface area (Å²) in [5.41, 5.74) is 4.47. The minimum atomic E-state index is -2.59. The summed E-state index contributed by atoms with van der Waals surface area (Å²) < 4.78 is 41.8. The summed E-state index contributed by atoms with van der Waals surface area (Å²) in [7, 11) is 0. The second kappa shape index (κ2) is 8.54. The van der Waals surface area contributed by atoms with Crippen molar-refractivity contribution in [3.05, 3.63) is 77.3 Å². The van der Waals surface area contributed by atoms with E-state index in [4.69, 9.17) is 0 Å². The van der Waals surface area contributed by atoms with Crippen LogP contribution in [-0.4, -0.2) is 36.9 Å². The van der Waals surface area contributed by atoms with Gasteiger partial charge in [0, 0.05) is 70.0 Å². The molecule has 7 nitrogen and oxygen atoms in total. The summed E-state index contributed by atoms with van der Waals surface area (Å²) in [5.74, 6) is -3.05. The highest BCUT2D eigenvalue weighted by atomic mass is 19.3. The first kappa shape index (κ1) is 22.4. The van der Waals surface area contributed by atoms with Gasteiger partial charge in [-0.15, -0.1) is 0 Å². The number of halogens is 3. The second-order valence-corrected chi connectivity index (χ2v) is 9.47. The van der Waals surface area contributed by atoms with Gasteiger partial charge >= 0.3 is 0 Å². The molecule has 0 radical (unpaired) electrons. The normalized spacial score (nSPS) is 18.6. The Morgan fingerprint density at radius 1 is 1.06 bits per heavy atom. The number of hydrogen-bond donors (Lipinski definition) is 2. The van der Waals surface area contributed by atoms with Gasteiger partial charge in [-0.25, -0.2) is 23.1 Å². The molecule has 6 rings (SSSR count). The Morgan fingerprint density at radius 2 is 1.83 bits per heavy atom. The minimum Gasteiger partial charge on any atom is -0.338 e. The molecular weight excluding hydrogens is 469 g/mol. The Balaban J connectivity index is 1.19. The van der Waals surface area contributed by atoms with E-state index in [1.165, 1.54) is 0 Å². The van der Waals surface area contributed by atoms with Gasteiger partial charge in [0.05, 0.1) is 12.4 Å². The van der Waals surface area contributed by atoms with Crippen LogP contribution in [0.3, 0.4) is 0 Å². The quantitative estimate of drug-likeness (QED) is 0.314. The number of H-pyrrole nitrogens is 1. The monoisotopic (exact) mass is 491 g/mol. The van der Waals surface area contributed by atoms with Crippen LogP contribution in [0.5, 0.6) is 0 Å². The number of aromatic amines is 1. The van der Waals surface area contributed by atoms with Crippen molar-refractivity contribution in [3.63, 3.8) is 0 Å². The van der Waals surface area contributed by atoms with Gasteiger partial charge in [0.25, 0.3) is 5.69 Å². The Kier molecular flexibility index (Phi) is 5.31. The summed E-state index contributed by atoms with van der Waals surface area (Å²) in [6.45, 7) is 0. The average molecular weight is 491 g/mol. The van der Waals surface area contributed by atoms with Crippen molar-refractivity contribution in [2.45, 2.75) is 37.6 Å². The van der Waals surface area contributed by atoms with E-state index in [1.54, 1.807) is 24.5 Å². The van der Waals surface area contributed by atoms with Gasteiger partial charge in [-0.05, 0) is 23.6 Å². The van der Waals surface area contributed by atoms with Crippen LogP contribution in [-0.2, 0) is 6.42 Å². The molecule has 0 saturated heterocycles. The number of nitrogens with one attached hydrogen (secondary N) is 2. The number of fused-ring (bicyclic) bond motifs is 1. The van der Waals surface area contributed by atoms with Crippen molar-refractivity contribution >= 4 is 17.2 Å². The molecule has 1 aliphatic carbocycles. The zero-order valence-corrected chi connectivity index (χ0v) is 19.1. The van der Waals surface area contributed by atoms with Crippen LogP contribution in [0.1, 0.15) is 24.8 Å². The van der Waals surface area contributed by atoms with E-state index < -0.39 is 11.7 Å². The number of alkyl halides is 2. The molecule has 2 aromatic carbocycles. The number of benzene rings is 2. The summed E-state index contributed by atoms with van der Waals surface area (Å²) in [4.78, 5) is 21.4. The molecule has 1 saturated carbocycles. The Labute approximate surface area is 204 Å². The van der Waals surface area contributed by atoms with E-state index in [1.807, 2.05) is 30.3 Å². The number of aromatic nitrogens is 4. The predicted molar refractivity (Wildman–Crippen MR) is 128 cm³/mol. The van der Waals surface area contributed by atoms with Crippen LogP contribution in [0.25, 0.3) is 22.5 Å². The zero-order valence-electron chi connectivity index (χ0n) is 19.1. The van der Waals surface area contributed by atoms with Gasteiger partial charge in [-0.1, -0.05) is 24.3 Å². The predicted octanol–water partition coefficient (Wildman–Crippen LogP) is 6.19. The van der Waals surface area contributed by atoms with Crippen molar-refractivity contribution in [1.82, 2.24) is 20.2 Å². The van der Waals surface area contributed by atoms with Gasteiger partial charge in [0.15, 0.2) is 17.5 Å². The number of nitrogens with zero attached hydrogens (tertiary/aromatic N) is 4. The zero-order chi connectivity index (χ0) is 24.9. The maximum atomic E-state index is 14.5. The molecule has 2 aromatic heterocycles. The van der Waals surface area contributed by atoms with Gasteiger partial charge in [0.2, 0.25) is 12.0 Å². The van der Waals surface area contributed by atoms with Crippen LogP contribution in [0, 0.1) is 16.6 Å². The topological polar surface area (TPSA) is 86.6 Å². The molecule has 2 aliphatic rings. The smallest absolute Gasteiger partial charge is 0.260 e. The van der Waals surface area contributed by atoms with E-state index in [9.17, 15) is 18.1 Å². The average Bonchev–Trinajstić information content (AvgIpc) is 3.49. The van der Waals surface area contributed by atoms with Crippen molar-refractivity contribution in [2.75, 3.05) is 5.32 Å². The molecule has 0 amide bonds. The van der Waals surface area contributed by atoms with E-state index in [2.05, 4.69) is 25.5 Å². The van der Waals surface area contributed by atoms with Crippen LogP contribution in [0.15, 0.2) is 61.1 Å². The van der Waals surface area contributed by atoms with E-state index >= 15 is 0 Å². The van der Waals surface area contributed by atoms with Crippen LogP contribution < -0.4 is 5.32 Å². The van der Waals surface area contributed by atoms with E-state index in [0.29, 0.717) is 29.8 Å². The molecule has 2 N–H and O–H groups in total. The molecule has 3 heterocycles. The van der Waals surface area contributed by atoms with Crippen molar-refractivity contribution in [1.29, 1.82) is 0 Å². The van der Waals surface area contributed by atoms with Gasteiger partial charge < -0.3 is 5.32 Å². The fourth-order valence-electron chi connectivity index (χ4n) is 5.01. The van der Waals surface area contributed by atoms with E-state index in [-0.39, 0.29) is 36.4 Å². The molecule has 36 heavy (non-hydrogen) atoms. The molecule has 4 aromatic rings. The fraction of sp³-hybridized carbons (Fsp3) is 0.269. The Hall–Kier alpha value is -4.08. The highest BCUT2D eigenvalue weighted by molar-refractivity contribution is 5.68. The maximum Gasteiger partial charge on any atom is 0.260 e. The number of nitroso groups, excluding NO2 is 1. The molecular formula is C26H22F3N6O+. The van der Waals surface area contributed by atoms with Gasteiger partial charge in [-0.2, -0.15) is 5.10 Å². The molecule has 0 bridgehead atoms. The lowest BCUT2D eigenvalue weighted by atomic mass is 9.77. The highest BCUT2D eigenvalue weighted by Crippen LogP contribution is 2.46. The molecule has 10 heteroatoms. The van der Waals surface area contributed by atoms with Crippen molar-refractivity contribution in [2.24, 2.45) is 5.92 Å². The Morgan fingerprint density at radius 3 is 2.56 bits per heavy atom. The second-order valence-electron chi connectivity index (χ2n) is 9.47. The molecule has 1 atom stereocenters. The number of anilines is 2. The molecule has 182 valence electrons. The first-order chi connectivity index (χ1) is 17.3. The third-order valence-electron chi connectivity index (χ3n) is 6.87. The molecule has 1 unspecified atom stereocenters. The maximum absolute atomic E-state index is 14.5. The van der Waals surface area contributed by atoms with Crippen molar-refractivity contribution in [3.8, 4) is 22.5 Å². The lowest BCUT2D eigenvalue weighted by molar-refractivity contribution is -0.498. The third-order valence-corrected chi connectivity index (χ3v) is 6.87.